The molecule has 0 radical (unpaired) electrons. The first-order chi connectivity index (χ1) is 15.2. The summed E-state index contributed by atoms with van der Waals surface area (Å²) in [6.07, 6.45) is 0. The van der Waals surface area contributed by atoms with Crippen molar-refractivity contribution in [2.24, 2.45) is 0 Å². The maximum Gasteiger partial charge on any atom is 0.257 e. The lowest BCUT2D eigenvalue weighted by atomic mass is 10.1. The summed E-state index contributed by atoms with van der Waals surface area (Å²) in [5.41, 5.74) is 2.73. The fraction of sp³-hybridized carbons (Fsp3) is 0.273. The van der Waals surface area contributed by atoms with Crippen LogP contribution in [0.1, 0.15) is 21.7 Å². The molecule has 168 valence electrons. The molecular weight excluding hydrogens is 455 g/mol. The molecule has 3 aromatic rings. The summed E-state index contributed by atoms with van der Waals surface area (Å²) in [6, 6.07) is 12.9. The van der Waals surface area contributed by atoms with Gasteiger partial charge in [0.2, 0.25) is 10.0 Å². The van der Waals surface area contributed by atoms with Crippen molar-refractivity contribution >= 4 is 27.5 Å². The zero-order chi connectivity index (χ0) is 23.0. The second kappa shape index (κ2) is 8.65. The summed E-state index contributed by atoms with van der Waals surface area (Å²) in [7, 11) is -3.84. The Kier molecular flexibility index (Phi) is 6.07. The predicted octanol–water partition coefficient (Wildman–Crippen LogP) is 3.43. The number of hydrogen-bond donors (Lipinski definition) is 0. The van der Waals surface area contributed by atoms with E-state index in [1.807, 2.05) is 37.3 Å². The molecule has 0 unspecified atom stereocenters. The van der Waals surface area contributed by atoms with Crippen LogP contribution >= 0.6 is 11.6 Å². The Morgan fingerprint density at radius 1 is 1.03 bits per heavy atom. The van der Waals surface area contributed by atoms with Gasteiger partial charge in [0, 0.05) is 26.2 Å². The monoisotopic (exact) mass is 476 g/mol. The molecule has 0 bridgehead atoms. The molecular formula is C22H22ClFN4O3S. The molecule has 1 aromatic heterocycles. The van der Waals surface area contributed by atoms with E-state index in [0.717, 1.165) is 23.5 Å². The first kappa shape index (κ1) is 22.4. The summed E-state index contributed by atoms with van der Waals surface area (Å²) in [4.78, 5) is 14.8. The van der Waals surface area contributed by atoms with Gasteiger partial charge in [-0.05, 0) is 44.2 Å². The van der Waals surface area contributed by atoms with Gasteiger partial charge in [-0.1, -0.05) is 29.8 Å². The molecule has 2 aromatic carbocycles. The second-order valence-corrected chi connectivity index (χ2v) is 9.91. The molecule has 1 amide bonds. The highest BCUT2D eigenvalue weighted by atomic mass is 35.5. The van der Waals surface area contributed by atoms with Crippen molar-refractivity contribution in [3.8, 4) is 5.69 Å². The molecule has 4 rings (SSSR count). The zero-order valence-electron chi connectivity index (χ0n) is 17.6. The molecule has 1 aliphatic rings. The van der Waals surface area contributed by atoms with Crippen LogP contribution in [0, 0.1) is 19.7 Å². The van der Waals surface area contributed by atoms with Crippen molar-refractivity contribution in [1.29, 1.82) is 0 Å². The number of piperazine rings is 1. The van der Waals surface area contributed by atoms with Gasteiger partial charge < -0.3 is 4.90 Å². The number of halogens is 2. The number of amides is 1. The average molecular weight is 477 g/mol. The number of para-hydroxylation sites is 1. The molecule has 32 heavy (non-hydrogen) atoms. The first-order valence-electron chi connectivity index (χ1n) is 10.1. The van der Waals surface area contributed by atoms with Crippen molar-refractivity contribution < 1.29 is 17.6 Å². The Morgan fingerprint density at radius 2 is 1.69 bits per heavy atom. The van der Waals surface area contributed by atoms with Gasteiger partial charge in [-0.3, -0.25) is 4.79 Å². The number of benzene rings is 2. The average Bonchev–Trinajstić information content (AvgIpc) is 3.09. The number of sulfonamides is 1. The van der Waals surface area contributed by atoms with Crippen molar-refractivity contribution in [3.63, 3.8) is 0 Å². The molecule has 10 heteroatoms. The Labute approximate surface area is 191 Å². The summed E-state index contributed by atoms with van der Waals surface area (Å²) in [5, 5.41) is 4.28. The molecule has 2 heterocycles. The minimum atomic E-state index is -3.84. The molecule has 1 aliphatic heterocycles. The Morgan fingerprint density at radius 3 is 2.31 bits per heavy atom. The SMILES string of the molecule is Cc1nn(-c2ccccc2)c(C)c1C(=O)N1CCN(S(=O)(=O)c2ccc(F)c(Cl)c2)CC1. The van der Waals surface area contributed by atoms with Gasteiger partial charge in [0.1, 0.15) is 5.82 Å². The molecule has 0 N–H and O–H groups in total. The summed E-state index contributed by atoms with van der Waals surface area (Å²) >= 11 is 5.75. The van der Waals surface area contributed by atoms with Crippen molar-refractivity contribution in [2.45, 2.75) is 18.7 Å². The minimum absolute atomic E-state index is 0.0699. The van der Waals surface area contributed by atoms with Crippen LogP contribution in [0.25, 0.3) is 5.69 Å². The Bertz CT molecular complexity index is 1270. The van der Waals surface area contributed by atoms with Crippen molar-refractivity contribution in [1.82, 2.24) is 19.0 Å². The van der Waals surface area contributed by atoms with Gasteiger partial charge >= 0.3 is 0 Å². The maximum absolute atomic E-state index is 13.4. The molecule has 7 nitrogen and oxygen atoms in total. The van der Waals surface area contributed by atoms with Gasteiger partial charge in [-0.15, -0.1) is 0 Å². The third-order valence-corrected chi connectivity index (χ3v) is 7.74. The number of rotatable bonds is 4. The Hall–Kier alpha value is -2.75. The highest BCUT2D eigenvalue weighted by Gasteiger charge is 2.32. The summed E-state index contributed by atoms with van der Waals surface area (Å²) < 4.78 is 42.2. The Balaban J connectivity index is 1.51. The molecule has 1 saturated heterocycles. The standard InChI is InChI=1S/C22H22ClFN4O3S/c1-15-21(16(2)28(25-15)17-6-4-3-5-7-17)22(29)26-10-12-27(13-11-26)32(30,31)18-8-9-20(24)19(23)14-18/h3-9,14H,10-13H2,1-2H3. The smallest absolute Gasteiger partial charge is 0.257 e. The number of aryl methyl sites for hydroxylation is 1. The van der Waals surface area contributed by atoms with Crippen LogP contribution in [-0.4, -0.2) is 59.5 Å². The lowest BCUT2D eigenvalue weighted by Gasteiger charge is -2.34. The van der Waals surface area contributed by atoms with E-state index < -0.39 is 15.8 Å². The molecule has 0 atom stereocenters. The highest BCUT2D eigenvalue weighted by Crippen LogP contribution is 2.25. The van der Waals surface area contributed by atoms with Crippen LogP contribution in [0.3, 0.4) is 0 Å². The third-order valence-electron chi connectivity index (χ3n) is 5.56. The minimum Gasteiger partial charge on any atom is -0.336 e. The lowest BCUT2D eigenvalue weighted by molar-refractivity contribution is 0.0696. The number of nitrogens with zero attached hydrogens (tertiary/aromatic N) is 4. The molecule has 0 aliphatic carbocycles. The normalized spacial score (nSPS) is 15.2. The van der Waals surface area contributed by atoms with Crippen LogP contribution < -0.4 is 0 Å². The van der Waals surface area contributed by atoms with Crippen LogP contribution in [0.15, 0.2) is 53.4 Å². The third kappa shape index (κ3) is 4.03. The van der Waals surface area contributed by atoms with Crippen LogP contribution in [-0.2, 0) is 10.0 Å². The van der Waals surface area contributed by atoms with E-state index in [1.54, 1.807) is 16.5 Å². The number of hydrogen-bond acceptors (Lipinski definition) is 4. The van der Waals surface area contributed by atoms with E-state index in [9.17, 15) is 17.6 Å². The maximum atomic E-state index is 13.4. The number of carbonyl (C=O) groups is 1. The lowest BCUT2D eigenvalue weighted by Crippen LogP contribution is -2.50. The van der Waals surface area contributed by atoms with Gasteiger partial charge in [0.05, 0.1) is 32.6 Å². The number of aromatic nitrogens is 2. The van der Waals surface area contributed by atoms with Crippen LogP contribution in [0.2, 0.25) is 5.02 Å². The number of carbonyl (C=O) groups excluding carboxylic acids is 1. The molecule has 0 saturated carbocycles. The van der Waals surface area contributed by atoms with Gasteiger partial charge in [0.25, 0.3) is 5.91 Å². The predicted molar refractivity (Wildman–Crippen MR) is 119 cm³/mol. The van der Waals surface area contributed by atoms with E-state index >= 15 is 0 Å². The van der Waals surface area contributed by atoms with Crippen molar-refractivity contribution in [3.05, 3.63) is 76.3 Å². The van der Waals surface area contributed by atoms with Gasteiger partial charge in [-0.2, -0.15) is 9.40 Å². The van der Waals surface area contributed by atoms with E-state index in [1.165, 1.54) is 10.4 Å². The molecule has 0 spiro atoms. The van der Waals surface area contributed by atoms with E-state index in [2.05, 4.69) is 5.10 Å². The topological polar surface area (TPSA) is 75.5 Å². The largest absolute Gasteiger partial charge is 0.336 e. The summed E-state index contributed by atoms with van der Waals surface area (Å²) in [5.74, 6) is -0.855. The van der Waals surface area contributed by atoms with Gasteiger partial charge in [-0.25, -0.2) is 17.5 Å². The second-order valence-electron chi connectivity index (χ2n) is 7.57. The highest BCUT2D eigenvalue weighted by molar-refractivity contribution is 7.89. The van der Waals surface area contributed by atoms with E-state index in [4.69, 9.17) is 11.6 Å². The fourth-order valence-electron chi connectivity index (χ4n) is 3.85. The summed E-state index contributed by atoms with van der Waals surface area (Å²) in [6.45, 7) is 4.38. The quantitative estimate of drug-likeness (QED) is 0.578. The zero-order valence-corrected chi connectivity index (χ0v) is 19.2. The first-order valence-corrected chi connectivity index (χ1v) is 11.9. The fourth-order valence-corrected chi connectivity index (χ4v) is 5.54. The van der Waals surface area contributed by atoms with Crippen molar-refractivity contribution in [2.75, 3.05) is 26.2 Å². The van der Waals surface area contributed by atoms with E-state index in [0.29, 0.717) is 11.3 Å². The van der Waals surface area contributed by atoms with Gasteiger partial charge in [0.15, 0.2) is 0 Å². The van der Waals surface area contributed by atoms with E-state index in [-0.39, 0.29) is 42.0 Å². The van der Waals surface area contributed by atoms with Crippen LogP contribution in [0.4, 0.5) is 4.39 Å². The molecule has 1 fully saturated rings. The van der Waals surface area contributed by atoms with Crippen LogP contribution in [0.5, 0.6) is 0 Å².